The Morgan fingerprint density at radius 2 is 1.72 bits per heavy atom. The number of para-hydroxylation sites is 2. The van der Waals surface area contributed by atoms with Gasteiger partial charge in [0.1, 0.15) is 0 Å². The fourth-order valence-corrected chi connectivity index (χ4v) is 4.23. The van der Waals surface area contributed by atoms with Crippen LogP contribution in [0.25, 0.3) is 17.0 Å². The van der Waals surface area contributed by atoms with Gasteiger partial charge in [-0.1, -0.05) is 36.4 Å². The van der Waals surface area contributed by atoms with Crippen molar-refractivity contribution in [2.45, 2.75) is 26.4 Å². The number of carbonyl (C=O) groups excluding carboxylic acids is 1. The largest absolute Gasteiger partial charge is 0.333 e. The number of aromatic nitrogens is 1. The van der Waals surface area contributed by atoms with Crippen LogP contribution >= 0.6 is 0 Å². The minimum Gasteiger partial charge on any atom is -0.333 e. The van der Waals surface area contributed by atoms with Gasteiger partial charge in [-0.05, 0) is 57.1 Å². The molecule has 0 N–H and O–H groups in total. The van der Waals surface area contributed by atoms with Crippen molar-refractivity contribution in [1.82, 2.24) is 9.47 Å². The van der Waals surface area contributed by atoms with E-state index in [1.54, 1.807) is 0 Å². The predicted molar refractivity (Wildman–Crippen MR) is 118 cm³/mol. The average Bonchev–Trinajstić information content (AvgIpc) is 3.45. The number of fused-ring (bicyclic) bond motifs is 1. The van der Waals surface area contributed by atoms with Crippen molar-refractivity contribution < 1.29 is 4.79 Å². The minimum atomic E-state index is -0.0786. The summed E-state index contributed by atoms with van der Waals surface area (Å²) in [7, 11) is 0. The highest BCUT2D eigenvalue weighted by atomic mass is 16.2. The monoisotopic (exact) mass is 384 g/mol. The lowest BCUT2D eigenvalue weighted by atomic mass is 10.1. The zero-order chi connectivity index (χ0) is 19.8. The first-order valence-corrected chi connectivity index (χ1v) is 10.2. The van der Waals surface area contributed by atoms with E-state index in [2.05, 4.69) is 45.0 Å². The topological polar surface area (TPSA) is 40.8 Å². The van der Waals surface area contributed by atoms with Crippen LogP contribution in [-0.4, -0.2) is 34.2 Å². The smallest absolute Gasteiger partial charge is 0.280 e. The highest BCUT2D eigenvalue weighted by Gasteiger charge is 2.29. The van der Waals surface area contributed by atoms with E-state index in [0.717, 1.165) is 42.1 Å². The molecule has 2 aliphatic rings. The number of rotatable bonds is 4. The van der Waals surface area contributed by atoms with E-state index in [1.165, 1.54) is 23.4 Å². The van der Waals surface area contributed by atoms with Crippen molar-refractivity contribution in [2.24, 2.45) is 5.10 Å². The Labute approximate surface area is 170 Å². The van der Waals surface area contributed by atoms with Crippen molar-refractivity contribution in [3.8, 4) is 0 Å². The maximum absolute atomic E-state index is 13.1. The van der Waals surface area contributed by atoms with Crippen LogP contribution in [0.2, 0.25) is 0 Å². The zero-order valence-corrected chi connectivity index (χ0v) is 16.6. The van der Waals surface area contributed by atoms with Gasteiger partial charge in [0.15, 0.2) is 0 Å². The van der Waals surface area contributed by atoms with Crippen LogP contribution in [0.3, 0.4) is 0 Å². The van der Waals surface area contributed by atoms with Crippen LogP contribution in [0.5, 0.6) is 0 Å². The minimum absolute atomic E-state index is 0.0786. The standard InChI is InChI=1S/C24H24N4O/c1-18-22(24(29)28(25-18)20-9-3-2-4-10-20)15-19-16-27(17-26-13-7-8-14-26)23-12-6-5-11-21(19)23/h2-6,9-12,15-16H,7-8,13-14,17H2,1H3/b22-15-. The fourth-order valence-electron chi connectivity index (χ4n) is 4.23. The molecule has 0 atom stereocenters. The second-order valence-electron chi connectivity index (χ2n) is 7.73. The van der Waals surface area contributed by atoms with Gasteiger partial charge in [0, 0.05) is 22.7 Å². The van der Waals surface area contributed by atoms with Gasteiger partial charge in [-0.2, -0.15) is 10.1 Å². The molecule has 0 bridgehead atoms. The average molecular weight is 384 g/mol. The van der Waals surface area contributed by atoms with Crippen LogP contribution < -0.4 is 5.01 Å². The molecule has 1 amide bonds. The van der Waals surface area contributed by atoms with Crippen LogP contribution in [0.15, 0.2) is 71.5 Å². The molecule has 0 aliphatic carbocycles. The first kappa shape index (κ1) is 17.9. The van der Waals surface area contributed by atoms with Crippen LogP contribution in [0, 0.1) is 0 Å². The number of carbonyl (C=O) groups is 1. The molecule has 5 rings (SSSR count). The van der Waals surface area contributed by atoms with Gasteiger partial charge in [0.2, 0.25) is 0 Å². The fraction of sp³-hybridized carbons (Fsp3) is 0.250. The molecule has 0 unspecified atom stereocenters. The normalized spacial score (nSPS) is 18.9. The summed E-state index contributed by atoms with van der Waals surface area (Å²) in [5.41, 5.74) is 4.45. The van der Waals surface area contributed by atoms with Gasteiger partial charge in [0.25, 0.3) is 5.91 Å². The Bertz CT molecular complexity index is 1120. The molecule has 0 saturated carbocycles. The first-order valence-electron chi connectivity index (χ1n) is 10.2. The van der Waals surface area contributed by atoms with Crippen LogP contribution in [0.1, 0.15) is 25.3 Å². The number of amides is 1. The Morgan fingerprint density at radius 3 is 2.52 bits per heavy atom. The summed E-state index contributed by atoms with van der Waals surface area (Å²) in [6.45, 7) is 5.09. The first-order chi connectivity index (χ1) is 14.2. The predicted octanol–water partition coefficient (Wildman–Crippen LogP) is 4.50. The molecule has 2 aliphatic heterocycles. The Morgan fingerprint density at radius 1 is 1.00 bits per heavy atom. The second kappa shape index (κ2) is 7.33. The molecular weight excluding hydrogens is 360 g/mol. The Hall–Kier alpha value is -3.18. The molecule has 29 heavy (non-hydrogen) atoms. The third-order valence-corrected chi connectivity index (χ3v) is 5.73. The molecule has 2 aromatic carbocycles. The zero-order valence-electron chi connectivity index (χ0n) is 16.6. The van der Waals surface area contributed by atoms with E-state index in [4.69, 9.17) is 0 Å². The summed E-state index contributed by atoms with van der Waals surface area (Å²) in [5, 5.41) is 7.16. The van der Waals surface area contributed by atoms with Gasteiger partial charge in [0.05, 0.1) is 23.6 Å². The molecule has 0 radical (unpaired) electrons. The van der Waals surface area contributed by atoms with E-state index in [0.29, 0.717) is 5.57 Å². The lowest BCUT2D eigenvalue weighted by molar-refractivity contribution is -0.114. The molecule has 1 fully saturated rings. The number of anilines is 1. The molecule has 0 spiro atoms. The lowest BCUT2D eigenvalue weighted by Crippen LogP contribution is -2.22. The van der Waals surface area contributed by atoms with Gasteiger partial charge < -0.3 is 4.57 Å². The van der Waals surface area contributed by atoms with Crippen LogP contribution in [-0.2, 0) is 11.5 Å². The highest BCUT2D eigenvalue weighted by molar-refractivity contribution is 6.32. The third-order valence-electron chi connectivity index (χ3n) is 5.73. The summed E-state index contributed by atoms with van der Waals surface area (Å²) >= 11 is 0. The van der Waals surface area contributed by atoms with E-state index in [9.17, 15) is 4.79 Å². The van der Waals surface area contributed by atoms with Crippen LogP contribution in [0.4, 0.5) is 5.69 Å². The molecule has 146 valence electrons. The molecule has 5 nitrogen and oxygen atoms in total. The Kier molecular flexibility index (Phi) is 4.52. The van der Waals surface area contributed by atoms with Crippen molar-refractivity contribution in [2.75, 3.05) is 18.1 Å². The summed E-state index contributed by atoms with van der Waals surface area (Å²) in [6.07, 6.45) is 6.71. The number of hydrazone groups is 1. The summed E-state index contributed by atoms with van der Waals surface area (Å²) < 4.78 is 2.30. The number of hydrogen-bond acceptors (Lipinski definition) is 3. The van der Waals surface area contributed by atoms with Crippen molar-refractivity contribution in [3.63, 3.8) is 0 Å². The SMILES string of the molecule is CC1=NN(c2ccccc2)C(=O)/C1=C\c1cn(CN2CCCC2)c2ccccc12. The quantitative estimate of drug-likeness (QED) is 0.622. The molecule has 1 saturated heterocycles. The van der Waals surface area contributed by atoms with E-state index in [1.807, 2.05) is 43.3 Å². The lowest BCUT2D eigenvalue weighted by Gasteiger charge is -2.16. The van der Waals surface area contributed by atoms with Gasteiger partial charge in [-0.25, -0.2) is 0 Å². The maximum Gasteiger partial charge on any atom is 0.280 e. The molecule has 5 heteroatoms. The van der Waals surface area contributed by atoms with Crippen molar-refractivity contribution in [1.29, 1.82) is 0 Å². The highest BCUT2D eigenvalue weighted by Crippen LogP contribution is 2.28. The van der Waals surface area contributed by atoms with E-state index in [-0.39, 0.29) is 5.91 Å². The van der Waals surface area contributed by atoms with Gasteiger partial charge >= 0.3 is 0 Å². The van der Waals surface area contributed by atoms with Crippen molar-refractivity contribution in [3.05, 3.63) is 71.9 Å². The summed E-state index contributed by atoms with van der Waals surface area (Å²) in [4.78, 5) is 15.6. The molecule has 3 heterocycles. The third kappa shape index (κ3) is 3.28. The summed E-state index contributed by atoms with van der Waals surface area (Å²) in [6, 6.07) is 18.0. The van der Waals surface area contributed by atoms with Gasteiger partial charge in [-0.3, -0.25) is 9.69 Å². The van der Waals surface area contributed by atoms with Crippen molar-refractivity contribution >= 4 is 34.3 Å². The summed E-state index contributed by atoms with van der Waals surface area (Å²) in [5.74, 6) is -0.0786. The van der Waals surface area contributed by atoms with Gasteiger partial charge in [-0.15, -0.1) is 0 Å². The van der Waals surface area contributed by atoms with E-state index < -0.39 is 0 Å². The molecular formula is C24H24N4O. The van der Waals surface area contributed by atoms with E-state index >= 15 is 0 Å². The number of hydrogen-bond donors (Lipinski definition) is 0. The maximum atomic E-state index is 13.1. The number of nitrogens with zero attached hydrogens (tertiary/aromatic N) is 4. The number of benzene rings is 2. The molecule has 3 aromatic rings. The number of likely N-dealkylation sites (tertiary alicyclic amines) is 1. The second-order valence-corrected chi connectivity index (χ2v) is 7.73. The Balaban J connectivity index is 1.52. The molecule has 1 aromatic heterocycles.